The second kappa shape index (κ2) is 6.80. The molecule has 19 heavy (non-hydrogen) atoms. The molecule has 0 unspecified atom stereocenters. The molecule has 0 atom stereocenters. The van der Waals surface area contributed by atoms with E-state index in [9.17, 15) is 4.79 Å². The highest BCUT2D eigenvalue weighted by molar-refractivity contribution is 9.10. The second-order valence-electron chi connectivity index (χ2n) is 4.26. The van der Waals surface area contributed by atoms with Crippen LogP contribution in [0.25, 0.3) is 0 Å². The van der Waals surface area contributed by atoms with E-state index in [1.165, 1.54) is 0 Å². The third-order valence-corrected chi connectivity index (χ3v) is 4.27. The molecular weight excluding hydrogens is 310 g/mol. The van der Waals surface area contributed by atoms with Gasteiger partial charge in [0.2, 0.25) is 0 Å². The molecule has 0 aliphatic carbocycles. The molecule has 1 aromatic rings. The first-order valence-electron chi connectivity index (χ1n) is 6.16. The molecule has 0 radical (unpaired) electrons. The van der Waals surface area contributed by atoms with Crippen molar-refractivity contribution in [2.75, 3.05) is 25.6 Å². The molecule has 0 heterocycles. The predicted molar refractivity (Wildman–Crippen MR) is 80.0 cm³/mol. The number of halogens is 1. The minimum atomic E-state index is -0.279. The number of benzene rings is 1. The van der Waals surface area contributed by atoms with E-state index in [1.807, 2.05) is 20.8 Å². The maximum absolute atomic E-state index is 11.4. The predicted octanol–water partition coefficient (Wildman–Crippen LogP) is 3.36. The van der Waals surface area contributed by atoms with Gasteiger partial charge in [-0.1, -0.05) is 15.9 Å². The number of hydrogen-bond acceptors (Lipinski definition) is 4. The summed E-state index contributed by atoms with van der Waals surface area (Å²) in [5, 5.41) is 3.10. The molecule has 0 bridgehead atoms. The van der Waals surface area contributed by atoms with Gasteiger partial charge in [0.1, 0.15) is 12.3 Å². The number of rotatable bonds is 5. The van der Waals surface area contributed by atoms with E-state index >= 15 is 0 Å². The highest BCUT2D eigenvalue weighted by Gasteiger charge is 2.17. The molecule has 0 fully saturated rings. The lowest BCUT2D eigenvalue weighted by atomic mass is 10.0. The highest BCUT2D eigenvalue weighted by atomic mass is 79.9. The van der Waals surface area contributed by atoms with E-state index in [4.69, 9.17) is 9.47 Å². The molecule has 4 nitrogen and oxygen atoms in total. The maximum atomic E-state index is 11.4. The quantitative estimate of drug-likeness (QED) is 0.841. The zero-order valence-corrected chi connectivity index (χ0v) is 13.6. The fraction of sp³-hybridized carbons (Fsp3) is 0.500. The van der Waals surface area contributed by atoms with E-state index in [2.05, 4.69) is 21.2 Å². The van der Waals surface area contributed by atoms with E-state index < -0.39 is 0 Å². The van der Waals surface area contributed by atoms with E-state index in [0.29, 0.717) is 6.61 Å². The van der Waals surface area contributed by atoms with Crippen LogP contribution in [-0.4, -0.2) is 26.2 Å². The van der Waals surface area contributed by atoms with Gasteiger partial charge < -0.3 is 14.8 Å². The van der Waals surface area contributed by atoms with Gasteiger partial charge in [-0.25, -0.2) is 0 Å². The number of methoxy groups -OCH3 is 1. The van der Waals surface area contributed by atoms with Crippen molar-refractivity contribution in [1.82, 2.24) is 0 Å². The first-order chi connectivity index (χ1) is 8.93. The van der Waals surface area contributed by atoms with Crippen LogP contribution in [-0.2, 0) is 9.53 Å². The topological polar surface area (TPSA) is 47.6 Å². The number of carbonyl (C=O) groups is 1. The fourth-order valence-corrected chi connectivity index (χ4v) is 2.42. The van der Waals surface area contributed by atoms with E-state index in [0.717, 1.165) is 32.6 Å². The lowest BCUT2D eigenvalue weighted by Gasteiger charge is -2.19. The molecule has 0 spiro atoms. The van der Waals surface area contributed by atoms with Gasteiger partial charge in [-0.15, -0.1) is 0 Å². The average Bonchev–Trinajstić information content (AvgIpc) is 2.39. The fourth-order valence-electron chi connectivity index (χ4n) is 1.92. The van der Waals surface area contributed by atoms with Crippen molar-refractivity contribution in [3.05, 3.63) is 21.2 Å². The van der Waals surface area contributed by atoms with Gasteiger partial charge in [0.25, 0.3) is 0 Å². The monoisotopic (exact) mass is 329 g/mol. The van der Waals surface area contributed by atoms with Crippen molar-refractivity contribution >= 4 is 27.6 Å². The van der Waals surface area contributed by atoms with Crippen LogP contribution in [0.15, 0.2) is 4.47 Å². The third-order valence-electron chi connectivity index (χ3n) is 3.08. The summed E-state index contributed by atoms with van der Waals surface area (Å²) in [6.07, 6.45) is 0. The molecule has 0 amide bonds. The summed E-state index contributed by atoms with van der Waals surface area (Å²) in [5.74, 6) is 0.487. The maximum Gasteiger partial charge on any atom is 0.325 e. The molecule has 0 aliphatic rings. The lowest BCUT2D eigenvalue weighted by Crippen LogP contribution is -2.18. The highest BCUT2D eigenvalue weighted by Crippen LogP contribution is 2.39. The Bertz CT molecular complexity index is 486. The Hall–Kier alpha value is -1.23. The molecule has 5 heteroatoms. The van der Waals surface area contributed by atoms with Crippen LogP contribution in [0.2, 0.25) is 0 Å². The molecule has 1 aromatic carbocycles. The van der Waals surface area contributed by atoms with Gasteiger partial charge in [-0.3, -0.25) is 4.79 Å². The van der Waals surface area contributed by atoms with E-state index in [-0.39, 0.29) is 12.5 Å². The molecule has 0 aromatic heterocycles. The van der Waals surface area contributed by atoms with Crippen molar-refractivity contribution in [3.8, 4) is 5.75 Å². The Balaban J connectivity index is 3.09. The molecule has 1 rings (SSSR count). The number of nitrogens with one attached hydrogen (secondary N) is 1. The third kappa shape index (κ3) is 3.41. The van der Waals surface area contributed by atoms with Crippen LogP contribution in [0.5, 0.6) is 5.75 Å². The Morgan fingerprint density at radius 2 is 1.84 bits per heavy atom. The van der Waals surface area contributed by atoms with Crippen LogP contribution in [0.3, 0.4) is 0 Å². The number of hydrogen-bond donors (Lipinski definition) is 1. The van der Waals surface area contributed by atoms with Crippen LogP contribution in [0.1, 0.15) is 23.6 Å². The van der Waals surface area contributed by atoms with Gasteiger partial charge in [0.05, 0.1) is 19.4 Å². The largest absolute Gasteiger partial charge is 0.494 e. The van der Waals surface area contributed by atoms with Crippen molar-refractivity contribution in [2.24, 2.45) is 0 Å². The standard InChI is InChI=1S/C14H20BrNO3/c1-6-19-11(17)7-16-13-10(4)12(15)8(2)9(3)14(13)18-5/h16H,6-7H2,1-5H3. The Labute approximate surface area is 122 Å². The lowest BCUT2D eigenvalue weighted by molar-refractivity contribution is -0.140. The summed E-state index contributed by atoms with van der Waals surface area (Å²) in [4.78, 5) is 11.4. The summed E-state index contributed by atoms with van der Waals surface area (Å²) >= 11 is 3.57. The molecule has 1 N–H and O–H groups in total. The van der Waals surface area contributed by atoms with Gasteiger partial charge in [-0.05, 0) is 44.4 Å². The zero-order valence-electron chi connectivity index (χ0n) is 12.0. The van der Waals surface area contributed by atoms with Crippen LogP contribution in [0, 0.1) is 20.8 Å². The molecular formula is C14H20BrNO3. The summed E-state index contributed by atoms with van der Waals surface area (Å²) in [7, 11) is 1.63. The van der Waals surface area contributed by atoms with Crippen LogP contribution < -0.4 is 10.1 Å². The second-order valence-corrected chi connectivity index (χ2v) is 5.05. The van der Waals surface area contributed by atoms with Crippen LogP contribution in [0.4, 0.5) is 5.69 Å². The summed E-state index contributed by atoms with van der Waals surface area (Å²) in [6.45, 7) is 8.30. The Morgan fingerprint density at radius 3 is 2.37 bits per heavy atom. The minimum absolute atomic E-state index is 0.125. The van der Waals surface area contributed by atoms with Gasteiger partial charge in [0, 0.05) is 4.47 Å². The normalized spacial score (nSPS) is 10.2. The Kier molecular flexibility index (Phi) is 5.66. The van der Waals surface area contributed by atoms with E-state index in [1.54, 1.807) is 14.0 Å². The van der Waals surface area contributed by atoms with Crippen molar-refractivity contribution in [3.63, 3.8) is 0 Å². The van der Waals surface area contributed by atoms with Gasteiger partial charge in [-0.2, -0.15) is 0 Å². The van der Waals surface area contributed by atoms with Gasteiger partial charge in [0.15, 0.2) is 0 Å². The van der Waals surface area contributed by atoms with Crippen molar-refractivity contribution in [2.45, 2.75) is 27.7 Å². The molecule has 0 saturated heterocycles. The summed E-state index contributed by atoms with van der Waals surface area (Å²) < 4.78 is 11.4. The number of carbonyl (C=O) groups excluding carboxylic acids is 1. The smallest absolute Gasteiger partial charge is 0.325 e. The first kappa shape index (κ1) is 15.8. The van der Waals surface area contributed by atoms with Crippen molar-refractivity contribution < 1.29 is 14.3 Å². The molecule has 0 aliphatic heterocycles. The van der Waals surface area contributed by atoms with Gasteiger partial charge >= 0.3 is 5.97 Å². The Morgan fingerprint density at radius 1 is 1.21 bits per heavy atom. The van der Waals surface area contributed by atoms with Crippen molar-refractivity contribution in [1.29, 1.82) is 0 Å². The summed E-state index contributed by atoms with van der Waals surface area (Å²) in [6, 6.07) is 0. The molecule has 0 saturated carbocycles. The number of anilines is 1. The SMILES string of the molecule is CCOC(=O)CNc1c(C)c(Br)c(C)c(C)c1OC. The minimum Gasteiger partial charge on any atom is -0.494 e. The number of ether oxygens (including phenoxy) is 2. The zero-order chi connectivity index (χ0) is 14.6. The number of esters is 1. The van der Waals surface area contributed by atoms with Crippen LogP contribution >= 0.6 is 15.9 Å². The molecule has 106 valence electrons. The first-order valence-corrected chi connectivity index (χ1v) is 6.96. The average molecular weight is 330 g/mol. The summed E-state index contributed by atoms with van der Waals surface area (Å²) in [5.41, 5.74) is 4.03.